The molecule has 1 aromatic carbocycles. The Labute approximate surface area is 100 Å². The Morgan fingerprint density at radius 3 is 2.31 bits per heavy atom. The fourth-order valence-corrected chi connectivity index (χ4v) is 3.05. The first-order chi connectivity index (χ1) is 7.79. The van der Waals surface area contributed by atoms with Crippen molar-refractivity contribution in [1.82, 2.24) is 0 Å². The predicted octanol–water partition coefficient (Wildman–Crippen LogP) is 4.46. The molecule has 0 saturated heterocycles. The molecule has 0 amide bonds. The molecular formula is C15H19P. The van der Waals surface area contributed by atoms with Crippen LogP contribution >= 0.6 is 7.92 Å². The van der Waals surface area contributed by atoms with Crippen LogP contribution in [-0.4, -0.2) is 6.66 Å². The van der Waals surface area contributed by atoms with E-state index < -0.39 is 0 Å². The maximum atomic E-state index is 2.31. The Morgan fingerprint density at radius 2 is 1.75 bits per heavy atom. The number of hydrogen-bond acceptors (Lipinski definition) is 0. The third kappa shape index (κ3) is 3.79. The van der Waals surface area contributed by atoms with Crippen molar-refractivity contribution < 1.29 is 0 Å². The summed E-state index contributed by atoms with van der Waals surface area (Å²) in [6.45, 7) is 6.42. The van der Waals surface area contributed by atoms with Gasteiger partial charge in [0.2, 0.25) is 0 Å². The average molecular weight is 230 g/mol. The molecule has 0 radical (unpaired) electrons. The molecule has 0 aliphatic heterocycles. The van der Waals surface area contributed by atoms with Crippen molar-refractivity contribution >= 4 is 13.2 Å². The van der Waals surface area contributed by atoms with Gasteiger partial charge in [0.15, 0.2) is 0 Å². The largest absolute Gasteiger partial charge is 0.0876 e. The first kappa shape index (κ1) is 12.9. The van der Waals surface area contributed by atoms with Gasteiger partial charge in [-0.1, -0.05) is 60.7 Å². The maximum absolute atomic E-state index is 2.31. The van der Waals surface area contributed by atoms with Crippen LogP contribution in [0.5, 0.6) is 0 Å². The van der Waals surface area contributed by atoms with E-state index >= 15 is 0 Å². The van der Waals surface area contributed by atoms with E-state index in [1.165, 1.54) is 10.6 Å². The van der Waals surface area contributed by atoms with Gasteiger partial charge in [0.1, 0.15) is 0 Å². The summed E-state index contributed by atoms with van der Waals surface area (Å²) in [6, 6.07) is 10.7. The summed E-state index contributed by atoms with van der Waals surface area (Å²) in [7, 11) is -0.234. The number of rotatable bonds is 4. The summed E-state index contributed by atoms with van der Waals surface area (Å²) in [5.41, 5.74) is 0. The molecule has 1 heteroatoms. The summed E-state index contributed by atoms with van der Waals surface area (Å²) in [4.78, 5) is 0. The van der Waals surface area contributed by atoms with E-state index in [4.69, 9.17) is 0 Å². The first-order valence-corrected chi connectivity index (χ1v) is 7.33. The highest BCUT2D eigenvalue weighted by atomic mass is 31.1. The Morgan fingerprint density at radius 1 is 1.06 bits per heavy atom. The van der Waals surface area contributed by atoms with Crippen LogP contribution in [0.3, 0.4) is 0 Å². The van der Waals surface area contributed by atoms with Crippen LogP contribution in [0.15, 0.2) is 66.0 Å². The lowest BCUT2D eigenvalue weighted by atomic mass is 10.4. The molecule has 0 heterocycles. The van der Waals surface area contributed by atoms with Gasteiger partial charge < -0.3 is 0 Å². The zero-order valence-corrected chi connectivity index (χ0v) is 11.1. The fourth-order valence-electron chi connectivity index (χ4n) is 1.45. The Kier molecular flexibility index (Phi) is 5.82. The SMILES string of the molecule is C\C=C/C(=C\C=C\C)P(C)c1ccccc1. The minimum atomic E-state index is -0.234. The van der Waals surface area contributed by atoms with E-state index in [-0.39, 0.29) is 7.92 Å². The molecule has 16 heavy (non-hydrogen) atoms. The molecule has 0 spiro atoms. The van der Waals surface area contributed by atoms with Crippen molar-refractivity contribution in [3.05, 3.63) is 66.0 Å². The van der Waals surface area contributed by atoms with E-state index in [1.807, 2.05) is 6.92 Å². The van der Waals surface area contributed by atoms with Crippen LogP contribution in [0.1, 0.15) is 13.8 Å². The molecule has 0 aliphatic carbocycles. The van der Waals surface area contributed by atoms with Gasteiger partial charge in [0, 0.05) is 0 Å². The molecule has 84 valence electrons. The van der Waals surface area contributed by atoms with Gasteiger partial charge in [-0.3, -0.25) is 0 Å². The third-order valence-electron chi connectivity index (χ3n) is 2.33. The summed E-state index contributed by atoms with van der Waals surface area (Å²) < 4.78 is 0. The van der Waals surface area contributed by atoms with Crippen LogP contribution in [0.4, 0.5) is 0 Å². The summed E-state index contributed by atoms with van der Waals surface area (Å²) in [6.07, 6.45) is 10.7. The van der Waals surface area contributed by atoms with Crippen molar-refractivity contribution in [2.45, 2.75) is 13.8 Å². The highest BCUT2D eigenvalue weighted by Crippen LogP contribution is 2.40. The van der Waals surface area contributed by atoms with E-state index in [0.29, 0.717) is 0 Å². The third-order valence-corrected chi connectivity index (χ3v) is 4.47. The lowest BCUT2D eigenvalue weighted by Crippen LogP contribution is -1.99. The molecule has 0 saturated carbocycles. The molecule has 0 nitrogen and oxygen atoms in total. The molecule has 0 N–H and O–H groups in total. The Hall–Kier alpha value is -1.13. The normalized spacial score (nSPS) is 14.8. The van der Waals surface area contributed by atoms with Gasteiger partial charge in [-0.25, -0.2) is 0 Å². The lowest BCUT2D eigenvalue weighted by Gasteiger charge is -2.13. The van der Waals surface area contributed by atoms with E-state index in [0.717, 1.165) is 0 Å². The van der Waals surface area contributed by atoms with Crippen molar-refractivity contribution in [1.29, 1.82) is 0 Å². The molecule has 0 fully saturated rings. The monoisotopic (exact) mass is 230 g/mol. The molecule has 1 rings (SSSR count). The first-order valence-electron chi connectivity index (χ1n) is 5.54. The smallest absolute Gasteiger partial charge is 0.0198 e. The van der Waals surface area contributed by atoms with E-state index in [1.54, 1.807) is 0 Å². The summed E-state index contributed by atoms with van der Waals surface area (Å²) in [5, 5.41) is 2.83. The number of benzene rings is 1. The molecule has 1 unspecified atom stereocenters. The van der Waals surface area contributed by atoms with Crippen LogP contribution in [-0.2, 0) is 0 Å². The van der Waals surface area contributed by atoms with Gasteiger partial charge in [0.25, 0.3) is 0 Å². The fraction of sp³-hybridized carbons (Fsp3) is 0.200. The predicted molar refractivity (Wildman–Crippen MR) is 76.6 cm³/mol. The Bertz CT molecular complexity index is 385. The highest BCUT2D eigenvalue weighted by molar-refractivity contribution is 7.69. The standard InChI is InChI=1S/C15H19P/c1-4-6-11-14(10-5-2)16(3)15-12-8-7-9-13-15/h4-13H,1-3H3/b6-4+,10-5-,14-11+. The molecular weight excluding hydrogens is 211 g/mol. The maximum Gasteiger partial charge on any atom is -0.0198 e. The minimum absolute atomic E-state index is 0.234. The second kappa shape index (κ2) is 7.19. The van der Waals surface area contributed by atoms with Crippen LogP contribution in [0.2, 0.25) is 0 Å². The number of allylic oxidation sites excluding steroid dienone is 6. The zero-order chi connectivity index (χ0) is 11.8. The van der Waals surface area contributed by atoms with Crippen LogP contribution in [0.25, 0.3) is 0 Å². The van der Waals surface area contributed by atoms with Crippen molar-refractivity contribution in [2.75, 3.05) is 6.66 Å². The number of hydrogen-bond donors (Lipinski definition) is 0. The molecule has 0 aromatic heterocycles. The second-order valence-electron chi connectivity index (χ2n) is 3.51. The lowest BCUT2D eigenvalue weighted by molar-refractivity contribution is 1.68. The van der Waals surface area contributed by atoms with Crippen LogP contribution < -0.4 is 5.30 Å². The van der Waals surface area contributed by atoms with E-state index in [2.05, 4.69) is 74.3 Å². The van der Waals surface area contributed by atoms with Gasteiger partial charge in [0.05, 0.1) is 0 Å². The quantitative estimate of drug-likeness (QED) is 0.529. The van der Waals surface area contributed by atoms with Gasteiger partial charge in [-0.2, -0.15) is 0 Å². The van der Waals surface area contributed by atoms with E-state index in [9.17, 15) is 0 Å². The zero-order valence-electron chi connectivity index (χ0n) is 10.2. The summed E-state index contributed by atoms with van der Waals surface area (Å²) >= 11 is 0. The minimum Gasteiger partial charge on any atom is -0.0876 e. The highest BCUT2D eigenvalue weighted by Gasteiger charge is 2.06. The van der Waals surface area contributed by atoms with Gasteiger partial charge >= 0.3 is 0 Å². The molecule has 0 bridgehead atoms. The molecule has 1 aromatic rings. The van der Waals surface area contributed by atoms with Crippen LogP contribution in [0, 0.1) is 0 Å². The van der Waals surface area contributed by atoms with Crippen molar-refractivity contribution in [2.24, 2.45) is 0 Å². The second-order valence-corrected chi connectivity index (χ2v) is 5.66. The topological polar surface area (TPSA) is 0 Å². The van der Waals surface area contributed by atoms with Crippen molar-refractivity contribution in [3.63, 3.8) is 0 Å². The summed E-state index contributed by atoms with van der Waals surface area (Å²) in [5.74, 6) is 0. The average Bonchev–Trinajstić information content (AvgIpc) is 2.35. The van der Waals surface area contributed by atoms with Gasteiger partial charge in [-0.05, 0) is 39.1 Å². The molecule has 0 aliphatic rings. The molecule has 1 atom stereocenters. The van der Waals surface area contributed by atoms with Crippen molar-refractivity contribution in [3.8, 4) is 0 Å². The van der Waals surface area contributed by atoms with Gasteiger partial charge in [-0.15, -0.1) is 0 Å². The Balaban J connectivity index is 2.96.